The number of nitrogens with zero attached hydrogens (tertiary/aromatic N) is 1. The minimum absolute atomic E-state index is 0.370. The van der Waals surface area contributed by atoms with Gasteiger partial charge in [-0.15, -0.1) is 0 Å². The SMILES string of the molecule is O=C1CC2CCCC(C1)N2c1ccccc1Cl. The van der Waals surface area contributed by atoms with Crippen molar-refractivity contribution in [3.05, 3.63) is 29.3 Å². The van der Waals surface area contributed by atoms with E-state index < -0.39 is 0 Å². The summed E-state index contributed by atoms with van der Waals surface area (Å²) in [6, 6.07) is 8.72. The fourth-order valence-electron chi connectivity index (χ4n) is 3.23. The lowest BCUT2D eigenvalue weighted by Crippen LogP contribution is -2.52. The van der Waals surface area contributed by atoms with Gasteiger partial charge in [0, 0.05) is 24.9 Å². The number of ketones is 1. The standard InChI is InChI=1S/C14H16ClNO/c15-13-6-1-2-7-14(13)16-10-4-3-5-11(16)9-12(17)8-10/h1-2,6-7,10-11H,3-5,8-9H2. The Morgan fingerprint density at radius 2 is 1.76 bits per heavy atom. The van der Waals surface area contributed by atoms with Gasteiger partial charge in [0.05, 0.1) is 10.7 Å². The molecule has 2 bridgehead atoms. The average Bonchev–Trinajstić information content (AvgIpc) is 2.29. The minimum Gasteiger partial charge on any atom is -0.363 e. The average molecular weight is 250 g/mol. The molecule has 2 fully saturated rings. The van der Waals surface area contributed by atoms with Gasteiger partial charge in [-0.1, -0.05) is 23.7 Å². The highest BCUT2D eigenvalue weighted by molar-refractivity contribution is 6.33. The third kappa shape index (κ3) is 1.95. The maximum Gasteiger partial charge on any atom is 0.137 e. The van der Waals surface area contributed by atoms with Gasteiger partial charge in [0.15, 0.2) is 0 Å². The molecule has 0 saturated carbocycles. The lowest BCUT2D eigenvalue weighted by Gasteiger charge is -2.47. The van der Waals surface area contributed by atoms with Crippen LogP contribution in [0.25, 0.3) is 0 Å². The molecule has 90 valence electrons. The number of Topliss-reactive ketones (excluding diaryl/α,β-unsaturated/α-hetero) is 1. The molecular weight excluding hydrogens is 234 g/mol. The molecule has 2 unspecified atom stereocenters. The van der Waals surface area contributed by atoms with Crippen LogP contribution in [0.4, 0.5) is 5.69 Å². The molecule has 2 aliphatic heterocycles. The van der Waals surface area contributed by atoms with Gasteiger partial charge in [0.25, 0.3) is 0 Å². The molecule has 2 saturated heterocycles. The molecule has 2 heterocycles. The van der Waals surface area contributed by atoms with E-state index in [0.717, 1.165) is 23.6 Å². The molecule has 3 rings (SSSR count). The van der Waals surface area contributed by atoms with Crippen molar-refractivity contribution in [3.63, 3.8) is 0 Å². The molecule has 0 spiro atoms. The molecule has 1 aromatic rings. The maximum atomic E-state index is 11.7. The molecule has 0 radical (unpaired) electrons. The van der Waals surface area contributed by atoms with Crippen LogP contribution in [0.5, 0.6) is 0 Å². The van der Waals surface area contributed by atoms with E-state index in [9.17, 15) is 4.79 Å². The number of benzene rings is 1. The quantitative estimate of drug-likeness (QED) is 0.760. The number of halogens is 1. The fraction of sp³-hybridized carbons (Fsp3) is 0.500. The molecule has 1 aromatic carbocycles. The Hall–Kier alpha value is -1.02. The molecule has 0 aromatic heterocycles. The minimum atomic E-state index is 0.370. The number of carbonyl (C=O) groups excluding carboxylic acids is 1. The van der Waals surface area contributed by atoms with Gasteiger partial charge >= 0.3 is 0 Å². The van der Waals surface area contributed by atoms with Gasteiger partial charge in [0.1, 0.15) is 5.78 Å². The van der Waals surface area contributed by atoms with Crippen LogP contribution in [0.2, 0.25) is 5.02 Å². The summed E-state index contributed by atoms with van der Waals surface area (Å²) in [6.07, 6.45) is 4.87. The highest BCUT2D eigenvalue weighted by Crippen LogP contribution is 2.39. The number of carbonyl (C=O) groups is 1. The predicted octanol–water partition coefficient (Wildman–Crippen LogP) is 3.43. The van der Waals surface area contributed by atoms with Crippen LogP contribution >= 0.6 is 11.6 Å². The monoisotopic (exact) mass is 249 g/mol. The molecule has 17 heavy (non-hydrogen) atoms. The van der Waals surface area contributed by atoms with Crippen molar-refractivity contribution in [2.24, 2.45) is 0 Å². The summed E-state index contributed by atoms with van der Waals surface area (Å²) in [7, 11) is 0. The Morgan fingerprint density at radius 1 is 1.12 bits per heavy atom. The van der Waals surface area contributed by atoms with Crippen LogP contribution in [0.3, 0.4) is 0 Å². The first-order valence-corrected chi connectivity index (χ1v) is 6.68. The third-order valence-electron chi connectivity index (χ3n) is 3.92. The van der Waals surface area contributed by atoms with Crippen LogP contribution in [-0.2, 0) is 4.79 Å². The number of fused-ring (bicyclic) bond motifs is 2. The Kier molecular flexibility index (Phi) is 2.83. The molecule has 0 N–H and O–H groups in total. The molecule has 3 heteroatoms. The molecular formula is C14H16ClNO. The van der Waals surface area contributed by atoms with Crippen LogP contribution in [0.1, 0.15) is 32.1 Å². The smallest absolute Gasteiger partial charge is 0.137 e. The summed E-state index contributed by atoms with van der Waals surface area (Å²) in [5, 5.41) is 0.804. The zero-order valence-corrected chi connectivity index (χ0v) is 10.5. The third-order valence-corrected chi connectivity index (χ3v) is 4.24. The van der Waals surface area contributed by atoms with Gasteiger partial charge in [-0.25, -0.2) is 0 Å². The van der Waals surface area contributed by atoms with Gasteiger partial charge in [-0.3, -0.25) is 4.79 Å². The zero-order chi connectivity index (χ0) is 11.8. The number of hydrogen-bond donors (Lipinski definition) is 0. The first-order valence-electron chi connectivity index (χ1n) is 6.30. The summed E-state index contributed by atoms with van der Waals surface area (Å²) >= 11 is 6.28. The van der Waals surface area contributed by atoms with Crippen molar-refractivity contribution in [1.82, 2.24) is 0 Å². The summed E-state index contributed by atoms with van der Waals surface area (Å²) in [6.45, 7) is 0. The number of hydrogen-bond acceptors (Lipinski definition) is 2. The van der Waals surface area contributed by atoms with Crippen molar-refractivity contribution in [2.75, 3.05) is 4.90 Å². The van der Waals surface area contributed by atoms with Crippen molar-refractivity contribution < 1.29 is 4.79 Å². The Bertz CT molecular complexity index is 430. The topological polar surface area (TPSA) is 20.3 Å². The lowest BCUT2D eigenvalue weighted by molar-refractivity contribution is -0.121. The van der Waals surface area contributed by atoms with Gasteiger partial charge in [-0.2, -0.15) is 0 Å². The second kappa shape index (κ2) is 4.34. The highest BCUT2D eigenvalue weighted by Gasteiger charge is 2.38. The molecule has 2 nitrogen and oxygen atoms in total. The van der Waals surface area contributed by atoms with E-state index in [2.05, 4.69) is 11.0 Å². The van der Waals surface area contributed by atoms with E-state index in [0.29, 0.717) is 30.7 Å². The number of anilines is 1. The lowest BCUT2D eigenvalue weighted by atomic mass is 9.83. The van der Waals surface area contributed by atoms with Crippen molar-refractivity contribution in [1.29, 1.82) is 0 Å². The largest absolute Gasteiger partial charge is 0.363 e. The first-order chi connectivity index (χ1) is 8.25. The summed E-state index contributed by atoms with van der Waals surface area (Å²) < 4.78 is 0. The first kappa shape index (κ1) is 11.1. The molecule has 0 amide bonds. The maximum absolute atomic E-state index is 11.7. The summed E-state index contributed by atoms with van der Waals surface area (Å²) in [4.78, 5) is 14.1. The zero-order valence-electron chi connectivity index (χ0n) is 9.73. The van der Waals surface area contributed by atoms with Crippen LogP contribution in [0, 0.1) is 0 Å². The van der Waals surface area contributed by atoms with Crippen molar-refractivity contribution in [2.45, 2.75) is 44.2 Å². The second-order valence-electron chi connectivity index (χ2n) is 5.04. The van der Waals surface area contributed by atoms with Crippen LogP contribution in [0.15, 0.2) is 24.3 Å². The Balaban J connectivity index is 1.97. The Morgan fingerprint density at radius 3 is 2.41 bits per heavy atom. The predicted molar refractivity (Wildman–Crippen MR) is 69.6 cm³/mol. The molecule has 2 atom stereocenters. The van der Waals surface area contributed by atoms with Gasteiger partial charge in [-0.05, 0) is 31.4 Å². The normalized spacial score (nSPS) is 28.3. The van der Waals surface area contributed by atoms with Gasteiger partial charge in [0.2, 0.25) is 0 Å². The van der Waals surface area contributed by atoms with E-state index in [1.54, 1.807) is 0 Å². The second-order valence-corrected chi connectivity index (χ2v) is 5.45. The summed E-state index contributed by atoms with van der Waals surface area (Å²) in [5.41, 5.74) is 1.11. The highest BCUT2D eigenvalue weighted by atomic mass is 35.5. The fourth-order valence-corrected chi connectivity index (χ4v) is 3.46. The number of piperidine rings is 2. The number of rotatable bonds is 1. The van der Waals surface area contributed by atoms with E-state index in [-0.39, 0.29) is 0 Å². The van der Waals surface area contributed by atoms with E-state index in [1.807, 2.05) is 18.2 Å². The van der Waals surface area contributed by atoms with Crippen molar-refractivity contribution in [3.8, 4) is 0 Å². The van der Waals surface area contributed by atoms with E-state index in [1.165, 1.54) is 6.42 Å². The number of para-hydroxylation sites is 1. The molecule has 0 aliphatic carbocycles. The van der Waals surface area contributed by atoms with Crippen molar-refractivity contribution >= 4 is 23.1 Å². The summed E-state index contributed by atoms with van der Waals surface area (Å²) in [5.74, 6) is 0.419. The Labute approximate surface area is 107 Å². The van der Waals surface area contributed by atoms with E-state index in [4.69, 9.17) is 11.6 Å². The van der Waals surface area contributed by atoms with Crippen LogP contribution in [-0.4, -0.2) is 17.9 Å². The van der Waals surface area contributed by atoms with E-state index >= 15 is 0 Å². The van der Waals surface area contributed by atoms with Gasteiger partial charge < -0.3 is 4.90 Å². The van der Waals surface area contributed by atoms with Crippen LogP contribution < -0.4 is 4.90 Å². The molecule has 2 aliphatic rings.